The molecule has 0 aliphatic heterocycles. The topological polar surface area (TPSA) is 38.0 Å². The van der Waals surface area contributed by atoms with Crippen LogP contribution in [-0.2, 0) is 6.42 Å². The molecule has 3 N–H and O–H groups in total. The van der Waals surface area contributed by atoms with Crippen molar-refractivity contribution in [3.05, 3.63) is 64.6 Å². The lowest BCUT2D eigenvalue weighted by Gasteiger charge is -2.15. The van der Waals surface area contributed by atoms with Crippen molar-refractivity contribution in [1.82, 2.24) is 5.43 Å². The molecule has 0 aliphatic carbocycles. The molecule has 0 aliphatic rings. The van der Waals surface area contributed by atoms with E-state index in [4.69, 9.17) is 5.84 Å². The Morgan fingerprint density at radius 3 is 2.37 bits per heavy atom. The summed E-state index contributed by atoms with van der Waals surface area (Å²) in [6.07, 6.45) is 0.945. The zero-order valence-electron chi connectivity index (χ0n) is 10.6. The molecule has 19 heavy (non-hydrogen) atoms. The normalized spacial score (nSPS) is 12.3. The van der Waals surface area contributed by atoms with Crippen LogP contribution in [0.4, 0.5) is 0 Å². The average molecular weight is 337 g/mol. The Morgan fingerprint density at radius 2 is 1.74 bits per heavy atom. The SMILES string of the molecule is NNC(CSc1ccc(Br)cc1)Cc1ccccc1. The van der Waals surface area contributed by atoms with E-state index in [9.17, 15) is 0 Å². The van der Waals surface area contributed by atoms with Gasteiger partial charge in [-0.25, -0.2) is 0 Å². The van der Waals surface area contributed by atoms with Gasteiger partial charge in [0.25, 0.3) is 0 Å². The van der Waals surface area contributed by atoms with Crippen molar-refractivity contribution in [2.24, 2.45) is 5.84 Å². The molecule has 2 nitrogen and oxygen atoms in total. The second-order valence-corrected chi connectivity index (χ2v) is 6.33. The molecule has 0 spiro atoms. The number of halogens is 1. The van der Waals surface area contributed by atoms with E-state index in [1.54, 1.807) is 0 Å². The summed E-state index contributed by atoms with van der Waals surface area (Å²) in [6.45, 7) is 0. The van der Waals surface area contributed by atoms with Crippen LogP contribution in [0.25, 0.3) is 0 Å². The van der Waals surface area contributed by atoms with E-state index >= 15 is 0 Å². The van der Waals surface area contributed by atoms with Crippen molar-refractivity contribution < 1.29 is 0 Å². The number of rotatable bonds is 6. The minimum atomic E-state index is 0.274. The van der Waals surface area contributed by atoms with Crippen LogP contribution in [0.1, 0.15) is 5.56 Å². The Kier molecular flexibility index (Phi) is 5.92. The maximum absolute atomic E-state index is 5.64. The predicted octanol–water partition coefficient (Wildman–Crippen LogP) is 3.62. The molecule has 100 valence electrons. The second kappa shape index (κ2) is 7.70. The van der Waals surface area contributed by atoms with E-state index in [0.717, 1.165) is 16.6 Å². The molecule has 0 heterocycles. The molecule has 0 aromatic heterocycles. The van der Waals surface area contributed by atoms with E-state index in [1.165, 1.54) is 10.5 Å². The summed E-state index contributed by atoms with van der Waals surface area (Å²) in [5, 5.41) is 0. The molecule has 4 heteroatoms. The van der Waals surface area contributed by atoms with Gasteiger partial charge < -0.3 is 0 Å². The molecule has 0 saturated heterocycles. The molecule has 0 radical (unpaired) electrons. The third-order valence-corrected chi connectivity index (χ3v) is 4.53. The summed E-state index contributed by atoms with van der Waals surface area (Å²) in [4.78, 5) is 1.26. The van der Waals surface area contributed by atoms with Gasteiger partial charge in [0.2, 0.25) is 0 Å². The third kappa shape index (κ3) is 4.99. The van der Waals surface area contributed by atoms with Crippen molar-refractivity contribution in [3.63, 3.8) is 0 Å². The molecule has 2 aromatic carbocycles. The highest BCUT2D eigenvalue weighted by molar-refractivity contribution is 9.10. The van der Waals surface area contributed by atoms with Crippen LogP contribution in [0.3, 0.4) is 0 Å². The minimum Gasteiger partial charge on any atom is -0.271 e. The average Bonchev–Trinajstić information content (AvgIpc) is 2.46. The zero-order chi connectivity index (χ0) is 13.5. The predicted molar refractivity (Wildman–Crippen MR) is 86.1 cm³/mol. The van der Waals surface area contributed by atoms with Crippen molar-refractivity contribution in [2.45, 2.75) is 17.4 Å². The highest BCUT2D eigenvalue weighted by Gasteiger charge is 2.08. The van der Waals surface area contributed by atoms with E-state index in [0.29, 0.717) is 0 Å². The molecular weight excluding hydrogens is 320 g/mol. The second-order valence-electron chi connectivity index (χ2n) is 4.32. The molecule has 0 amide bonds. The Hall–Kier alpha value is -0.810. The van der Waals surface area contributed by atoms with Crippen molar-refractivity contribution in [1.29, 1.82) is 0 Å². The first kappa shape index (κ1) is 14.6. The minimum absolute atomic E-state index is 0.274. The van der Waals surface area contributed by atoms with Gasteiger partial charge >= 0.3 is 0 Å². The Balaban J connectivity index is 1.87. The largest absolute Gasteiger partial charge is 0.271 e. The van der Waals surface area contributed by atoms with Gasteiger partial charge in [-0.15, -0.1) is 11.8 Å². The molecule has 0 bridgehead atoms. The number of hydrogen-bond donors (Lipinski definition) is 2. The smallest absolute Gasteiger partial charge is 0.0344 e. The van der Waals surface area contributed by atoms with Crippen molar-refractivity contribution in [2.75, 3.05) is 5.75 Å². The Bertz CT molecular complexity index is 487. The first-order chi connectivity index (χ1) is 9.28. The monoisotopic (exact) mass is 336 g/mol. The summed E-state index contributed by atoms with van der Waals surface area (Å²) in [6, 6.07) is 19.0. The van der Waals surface area contributed by atoms with Gasteiger partial charge in [-0.1, -0.05) is 46.3 Å². The zero-order valence-corrected chi connectivity index (χ0v) is 13.0. The lowest BCUT2D eigenvalue weighted by atomic mass is 10.1. The molecule has 2 rings (SSSR count). The number of benzene rings is 2. The maximum Gasteiger partial charge on any atom is 0.0344 e. The molecular formula is C15H17BrN2S. The molecule has 0 fully saturated rings. The lowest BCUT2D eigenvalue weighted by molar-refractivity contribution is 0.575. The summed E-state index contributed by atoms with van der Waals surface area (Å²) >= 11 is 5.26. The summed E-state index contributed by atoms with van der Waals surface area (Å²) in [7, 11) is 0. The van der Waals surface area contributed by atoms with E-state index in [-0.39, 0.29) is 6.04 Å². The van der Waals surface area contributed by atoms with Gasteiger partial charge in [-0.2, -0.15) is 0 Å². The van der Waals surface area contributed by atoms with Gasteiger partial charge in [-0.3, -0.25) is 11.3 Å². The van der Waals surface area contributed by atoms with Crippen LogP contribution in [0.5, 0.6) is 0 Å². The van der Waals surface area contributed by atoms with Gasteiger partial charge in [-0.05, 0) is 36.2 Å². The number of hydrazine groups is 1. The number of nitrogens with one attached hydrogen (secondary N) is 1. The van der Waals surface area contributed by atoms with E-state index in [1.807, 2.05) is 17.8 Å². The Morgan fingerprint density at radius 1 is 1.05 bits per heavy atom. The summed E-state index contributed by atoms with van der Waals surface area (Å²) < 4.78 is 1.11. The van der Waals surface area contributed by atoms with Gasteiger partial charge in [0.05, 0.1) is 0 Å². The van der Waals surface area contributed by atoms with Crippen LogP contribution < -0.4 is 11.3 Å². The highest BCUT2D eigenvalue weighted by atomic mass is 79.9. The fraction of sp³-hybridized carbons (Fsp3) is 0.200. The fourth-order valence-electron chi connectivity index (χ4n) is 1.79. The Labute approximate surface area is 126 Å². The van der Waals surface area contributed by atoms with Crippen molar-refractivity contribution in [3.8, 4) is 0 Å². The number of nitrogens with two attached hydrogens (primary N) is 1. The van der Waals surface area contributed by atoms with Crippen LogP contribution >= 0.6 is 27.7 Å². The first-order valence-corrected chi connectivity index (χ1v) is 7.94. The fourth-order valence-corrected chi connectivity index (χ4v) is 2.99. The number of hydrogen-bond acceptors (Lipinski definition) is 3. The summed E-state index contributed by atoms with van der Waals surface area (Å²) in [5.41, 5.74) is 4.21. The van der Waals surface area contributed by atoms with E-state index in [2.05, 4.69) is 69.9 Å². The van der Waals surface area contributed by atoms with Crippen LogP contribution in [-0.4, -0.2) is 11.8 Å². The lowest BCUT2D eigenvalue weighted by Crippen LogP contribution is -2.38. The first-order valence-electron chi connectivity index (χ1n) is 6.16. The highest BCUT2D eigenvalue weighted by Crippen LogP contribution is 2.21. The standard InChI is InChI=1S/C15H17BrN2S/c16-13-6-8-15(9-7-13)19-11-14(18-17)10-12-4-2-1-3-5-12/h1-9,14,18H,10-11,17H2. The maximum atomic E-state index is 5.64. The van der Waals surface area contributed by atoms with Crippen LogP contribution in [0, 0.1) is 0 Å². The van der Waals surface area contributed by atoms with Gasteiger partial charge in [0.15, 0.2) is 0 Å². The van der Waals surface area contributed by atoms with Gasteiger partial charge in [0.1, 0.15) is 0 Å². The number of thioether (sulfide) groups is 1. The van der Waals surface area contributed by atoms with Crippen molar-refractivity contribution >= 4 is 27.7 Å². The third-order valence-electron chi connectivity index (χ3n) is 2.83. The molecule has 1 unspecified atom stereocenters. The molecule has 1 atom stereocenters. The quantitative estimate of drug-likeness (QED) is 0.480. The van der Waals surface area contributed by atoms with E-state index < -0.39 is 0 Å². The molecule has 0 saturated carbocycles. The molecule has 2 aromatic rings. The van der Waals surface area contributed by atoms with Crippen LogP contribution in [0.15, 0.2) is 64.0 Å². The van der Waals surface area contributed by atoms with Gasteiger partial charge in [0, 0.05) is 21.2 Å². The summed E-state index contributed by atoms with van der Waals surface area (Å²) in [5.74, 6) is 6.59. The van der Waals surface area contributed by atoms with Crippen LogP contribution in [0.2, 0.25) is 0 Å².